The minimum Gasteiger partial charge on any atom is -0.433 e. The number of hydrogen-bond donors (Lipinski definition) is 3. The minimum absolute atomic E-state index is 0. The van der Waals surface area contributed by atoms with Gasteiger partial charge in [-0.15, -0.1) is 0 Å². The summed E-state index contributed by atoms with van der Waals surface area (Å²) in [7, 11) is 0. The molecule has 3 amide bonds. The van der Waals surface area contributed by atoms with Crippen LogP contribution in [0.2, 0.25) is 5.02 Å². The van der Waals surface area contributed by atoms with Crippen molar-refractivity contribution >= 4 is 81.5 Å². The zero-order valence-corrected chi connectivity index (χ0v) is 25.7. The highest BCUT2D eigenvalue weighted by molar-refractivity contribution is 7.59. The summed E-state index contributed by atoms with van der Waals surface area (Å²) < 4.78 is 10.5. The molecule has 2 saturated heterocycles. The maximum Gasteiger partial charge on any atom is 0.310 e. The van der Waals surface area contributed by atoms with Gasteiger partial charge in [0.1, 0.15) is 18.1 Å². The Morgan fingerprint density at radius 2 is 1.87 bits per heavy atom. The summed E-state index contributed by atoms with van der Waals surface area (Å²) in [5.41, 5.74) is 5.71. The van der Waals surface area contributed by atoms with Crippen LogP contribution in [-0.2, 0) is 23.9 Å². The number of nitrogens with zero attached hydrogens (tertiary/aromatic N) is 1. The molecule has 3 rings (SSSR count). The van der Waals surface area contributed by atoms with Crippen LogP contribution in [0.3, 0.4) is 0 Å². The normalized spacial score (nSPS) is 20.7. The first-order valence-corrected chi connectivity index (χ1v) is 12.1. The van der Waals surface area contributed by atoms with Crippen LogP contribution >= 0.6 is 52.1 Å². The molecular formula is C25H43ClN4O6S3. The Morgan fingerprint density at radius 1 is 1.23 bits per heavy atom. The van der Waals surface area contributed by atoms with Crippen LogP contribution in [-0.4, -0.2) is 66.2 Å². The van der Waals surface area contributed by atoms with Crippen molar-refractivity contribution in [1.29, 1.82) is 0 Å². The molecule has 2 aliphatic rings. The number of anilines is 1. The number of hydrogen-bond acceptors (Lipinski definition) is 7. The molecule has 2 fully saturated rings. The minimum atomic E-state index is -0.896. The van der Waals surface area contributed by atoms with Crippen LogP contribution in [0.4, 0.5) is 5.69 Å². The molecule has 0 radical (unpaired) electrons. The molecule has 4 N–H and O–H groups in total. The fourth-order valence-electron chi connectivity index (χ4n) is 4.25. The summed E-state index contributed by atoms with van der Waals surface area (Å²) in [6, 6.07) is 2.26. The third-order valence-corrected chi connectivity index (χ3v) is 6.44. The Labute approximate surface area is 256 Å². The lowest BCUT2D eigenvalue weighted by molar-refractivity contribution is -0.164. The molecule has 1 aromatic carbocycles. The van der Waals surface area contributed by atoms with E-state index in [1.807, 2.05) is 20.8 Å². The number of ether oxygens (including phenoxy) is 2. The number of likely N-dealkylation sites (tertiary alicyclic amines) is 1. The van der Waals surface area contributed by atoms with E-state index in [9.17, 15) is 19.2 Å². The fraction of sp³-hybridized carbons (Fsp3) is 0.600. The van der Waals surface area contributed by atoms with E-state index in [0.717, 1.165) is 0 Å². The van der Waals surface area contributed by atoms with Crippen molar-refractivity contribution in [2.75, 3.05) is 18.9 Å². The van der Waals surface area contributed by atoms with Crippen LogP contribution in [0, 0.1) is 5.41 Å². The van der Waals surface area contributed by atoms with Crippen LogP contribution in [0.5, 0.6) is 0 Å². The second kappa shape index (κ2) is 16.5. The van der Waals surface area contributed by atoms with Gasteiger partial charge in [-0.2, -0.15) is 40.5 Å². The van der Waals surface area contributed by atoms with Gasteiger partial charge in [-0.3, -0.25) is 19.2 Å². The molecule has 2 aliphatic heterocycles. The Hall–Kier alpha value is -1.80. The molecule has 14 heteroatoms. The van der Waals surface area contributed by atoms with Crippen LogP contribution in [0.1, 0.15) is 64.7 Å². The number of cyclic esters (lactones) is 1. The predicted molar refractivity (Wildman–Crippen MR) is 167 cm³/mol. The Morgan fingerprint density at radius 3 is 2.44 bits per heavy atom. The van der Waals surface area contributed by atoms with Crippen molar-refractivity contribution < 1.29 is 28.7 Å². The Balaban J connectivity index is 0. The topological polar surface area (TPSA) is 140 Å². The van der Waals surface area contributed by atoms with E-state index in [1.165, 1.54) is 23.1 Å². The predicted octanol–water partition coefficient (Wildman–Crippen LogP) is 2.83. The number of esters is 1. The summed E-state index contributed by atoms with van der Waals surface area (Å²) in [5.74, 6) is -1.66. The summed E-state index contributed by atoms with van der Waals surface area (Å²) in [4.78, 5) is 52.9. The van der Waals surface area contributed by atoms with Crippen LogP contribution in [0.25, 0.3) is 0 Å². The fourth-order valence-corrected chi connectivity index (χ4v) is 4.43. The molecule has 10 nitrogen and oxygen atoms in total. The molecule has 0 aliphatic carbocycles. The zero-order chi connectivity index (χ0) is 25.9. The number of halogens is 1. The highest BCUT2D eigenvalue weighted by Crippen LogP contribution is 2.27. The molecule has 224 valence electrons. The second-order valence-corrected chi connectivity index (χ2v) is 10.2. The van der Waals surface area contributed by atoms with Gasteiger partial charge in [0.25, 0.3) is 5.91 Å². The summed E-state index contributed by atoms with van der Waals surface area (Å²) in [6.07, 6.45) is 0.255. The van der Waals surface area contributed by atoms with E-state index in [0.29, 0.717) is 31.7 Å². The van der Waals surface area contributed by atoms with Gasteiger partial charge < -0.3 is 30.7 Å². The average molecular weight is 627 g/mol. The third kappa shape index (κ3) is 9.66. The molecule has 0 unspecified atom stereocenters. The number of nitrogens with two attached hydrogens (primary N) is 1. The first-order valence-electron chi connectivity index (χ1n) is 11.7. The number of carbonyl (C=O) groups excluding carboxylic acids is 4. The van der Waals surface area contributed by atoms with Gasteiger partial charge in [0.05, 0.1) is 17.1 Å². The van der Waals surface area contributed by atoms with Crippen molar-refractivity contribution in [2.24, 2.45) is 5.41 Å². The number of rotatable bonds is 7. The van der Waals surface area contributed by atoms with E-state index >= 15 is 0 Å². The Bertz CT molecular complexity index is 1010. The first-order chi connectivity index (χ1) is 16.4. The quantitative estimate of drug-likeness (QED) is 0.312. The van der Waals surface area contributed by atoms with Crippen molar-refractivity contribution in [3.8, 4) is 0 Å². The second-order valence-electron chi connectivity index (χ2n) is 9.83. The molecule has 0 bridgehead atoms. The van der Waals surface area contributed by atoms with Gasteiger partial charge in [-0.05, 0) is 43.4 Å². The molecular weight excluding hydrogens is 584 g/mol. The lowest BCUT2D eigenvalue weighted by Crippen LogP contribution is -2.58. The lowest BCUT2D eigenvalue weighted by Gasteiger charge is -2.35. The SMILES string of the molecule is C.CCO[C@@H]1OC(=O)C[C@@H]1NC(=O)[C@@H]1CCCN1C(=O)[C@@H](NC(=O)c1ccc(N)c(Cl)c1)C(C)(C)C.S.S.S. The smallest absolute Gasteiger partial charge is 0.310 e. The third-order valence-electron chi connectivity index (χ3n) is 6.11. The molecule has 39 heavy (non-hydrogen) atoms. The zero-order valence-electron chi connectivity index (χ0n) is 21.9. The monoisotopic (exact) mass is 626 g/mol. The molecule has 0 aromatic heterocycles. The summed E-state index contributed by atoms with van der Waals surface area (Å²) >= 11 is 6.05. The van der Waals surface area contributed by atoms with Crippen molar-refractivity contribution in [1.82, 2.24) is 15.5 Å². The molecule has 0 saturated carbocycles. The van der Waals surface area contributed by atoms with Crippen molar-refractivity contribution in [3.63, 3.8) is 0 Å². The van der Waals surface area contributed by atoms with Gasteiger partial charge >= 0.3 is 5.97 Å². The number of carbonyl (C=O) groups is 4. The maximum absolute atomic E-state index is 13.6. The summed E-state index contributed by atoms with van der Waals surface area (Å²) in [6.45, 7) is 7.98. The number of nitrogens with one attached hydrogen (secondary N) is 2. The van der Waals surface area contributed by atoms with E-state index < -0.39 is 41.7 Å². The number of benzene rings is 1. The van der Waals surface area contributed by atoms with Gasteiger partial charge in [-0.25, -0.2) is 0 Å². The van der Waals surface area contributed by atoms with E-state index in [4.69, 9.17) is 26.8 Å². The van der Waals surface area contributed by atoms with Crippen LogP contribution < -0.4 is 16.4 Å². The summed E-state index contributed by atoms with van der Waals surface area (Å²) in [5, 5.41) is 5.86. The first kappa shape index (κ1) is 39.3. The van der Waals surface area contributed by atoms with E-state index in [2.05, 4.69) is 10.6 Å². The standard InChI is InChI=1S/C24H33ClN4O6.CH4.3H2S/c1-5-34-23-16(12-18(30)35-23)27-21(32)17-7-6-10-29(17)22(33)19(24(2,3)4)28-20(31)13-8-9-15(26)14(25)11-13;;;;/h8-9,11,16-17,19,23H,5-7,10,12,26H2,1-4H3,(H,27,32)(H,28,31);1H4;3*1H2/t16-,17-,19+,23+;;;;/m0..../s1. The molecule has 0 spiro atoms. The van der Waals surface area contributed by atoms with Crippen molar-refractivity contribution in [2.45, 2.75) is 78.8 Å². The Kier molecular flexibility index (Phi) is 16.6. The maximum atomic E-state index is 13.6. The number of nitrogen functional groups attached to an aromatic ring is 1. The van der Waals surface area contributed by atoms with Gasteiger partial charge in [0.15, 0.2) is 0 Å². The van der Waals surface area contributed by atoms with Gasteiger partial charge in [0.2, 0.25) is 18.1 Å². The van der Waals surface area contributed by atoms with Gasteiger partial charge in [0, 0.05) is 18.7 Å². The molecule has 2 heterocycles. The largest absolute Gasteiger partial charge is 0.433 e. The average Bonchev–Trinajstić information content (AvgIpc) is 3.39. The molecule has 1 aromatic rings. The number of amides is 3. The lowest BCUT2D eigenvalue weighted by atomic mass is 9.85. The van der Waals surface area contributed by atoms with Crippen molar-refractivity contribution in [3.05, 3.63) is 28.8 Å². The van der Waals surface area contributed by atoms with Gasteiger partial charge in [-0.1, -0.05) is 39.8 Å². The highest BCUT2D eigenvalue weighted by atomic mass is 35.5. The van der Waals surface area contributed by atoms with E-state index in [1.54, 1.807) is 6.92 Å². The highest BCUT2D eigenvalue weighted by Gasteiger charge is 2.44. The molecule has 4 atom stereocenters. The van der Waals surface area contributed by atoms with Crippen LogP contribution in [0.15, 0.2) is 18.2 Å². The van der Waals surface area contributed by atoms with E-state index in [-0.39, 0.29) is 76.7 Å².